The normalized spacial score (nSPS) is 16.6. The van der Waals surface area contributed by atoms with Gasteiger partial charge in [-0.25, -0.2) is 0 Å². The van der Waals surface area contributed by atoms with Crippen LogP contribution in [0.2, 0.25) is 0 Å². The van der Waals surface area contributed by atoms with Crippen LogP contribution in [0.15, 0.2) is 30.3 Å². The first-order valence-corrected chi connectivity index (χ1v) is 8.63. The van der Waals surface area contributed by atoms with Crippen LogP contribution in [-0.2, 0) is 9.53 Å². The van der Waals surface area contributed by atoms with E-state index in [1.807, 2.05) is 26.0 Å². The monoisotopic (exact) mass is 332 g/mol. The van der Waals surface area contributed by atoms with Crippen molar-refractivity contribution in [2.45, 2.75) is 26.4 Å². The van der Waals surface area contributed by atoms with Gasteiger partial charge in [0.25, 0.3) is 0 Å². The van der Waals surface area contributed by atoms with Crippen molar-refractivity contribution < 1.29 is 14.6 Å². The van der Waals surface area contributed by atoms with Gasteiger partial charge in [-0.3, -0.25) is 4.79 Å². The molecule has 2 N–H and O–H groups in total. The molecule has 0 bridgehead atoms. The molecular weight excluding hydrogens is 304 g/mol. The molecule has 1 amide bonds. The molecule has 0 aliphatic carbocycles. The molecule has 5 nitrogen and oxygen atoms in total. The summed E-state index contributed by atoms with van der Waals surface area (Å²) in [7, 11) is 0. The Hall–Kier alpha value is -1.85. The topological polar surface area (TPSA) is 61.8 Å². The Balaban J connectivity index is 1.77. The van der Waals surface area contributed by atoms with Gasteiger partial charge in [0.05, 0.1) is 19.3 Å². The molecule has 1 unspecified atom stereocenters. The number of morpholine rings is 1. The Morgan fingerprint density at radius 3 is 2.58 bits per heavy atom. The van der Waals surface area contributed by atoms with Crippen molar-refractivity contribution in [1.29, 1.82) is 0 Å². The van der Waals surface area contributed by atoms with Crippen LogP contribution in [0, 0.1) is 5.92 Å². The number of aliphatic hydroxyl groups is 1. The van der Waals surface area contributed by atoms with E-state index in [4.69, 9.17) is 4.74 Å². The van der Waals surface area contributed by atoms with Crippen molar-refractivity contribution in [3.63, 3.8) is 0 Å². The molecule has 2 rings (SSSR count). The molecule has 0 aromatic heterocycles. The second-order valence-electron chi connectivity index (χ2n) is 6.42. The lowest BCUT2D eigenvalue weighted by Gasteiger charge is -2.28. The SMILES string of the molecule is CC(C)C(O)CCNC(=O)C=Cc1ccc(N2CCOCC2)cc1. The molecule has 1 atom stereocenters. The Bertz CT molecular complexity index is 534. The van der Waals surface area contributed by atoms with Crippen LogP contribution in [0.25, 0.3) is 6.08 Å². The zero-order valence-electron chi connectivity index (χ0n) is 14.6. The van der Waals surface area contributed by atoms with Crippen LogP contribution < -0.4 is 10.2 Å². The minimum atomic E-state index is -0.373. The lowest BCUT2D eigenvalue weighted by atomic mass is 10.0. The van der Waals surface area contributed by atoms with E-state index in [0.29, 0.717) is 13.0 Å². The van der Waals surface area contributed by atoms with Crippen LogP contribution in [0.1, 0.15) is 25.8 Å². The number of anilines is 1. The van der Waals surface area contributed by atoms with Crippen molar-refractivity contribution in [1.82, 2.24) is 5.32 Å². The minimum absolute atomic E-state index is 0.136. The van der Waals surface area contributed by atoms with Gasteiger partial charge in [-0.2, -0.15) is 0 Å². The molecule has 1 aromatic carbocycles. The fraction of sp³-hybridized carbons (Fsp3) is 0.526. The molecule has 0 spiro atoms. The molecule has 0 saturated carbocycles. The highest BCUT2D eigenvalue weighted by molar-refractivity contribution is 5.91. The van der Waals surface area contributed by atoms with Crippen molar-refractivity contribution >= 4 is 17.7 Å². The van der Waals surface area contributed by atoms with Crippen LogP contribution in [0.3, 0.4) is 0 Å². The average molecular weight is 332 g/mol. The fourth-order valence-electron chi connectivity index (χ4n) is 2.53. The Labute approximate surface area is 144 Å². The van der Waals surface area contributed by atoms with Gasteiger partial charge in [-0.15, -0.1) is 0 Å². The average Bonchev–Trinajstić information content (AvgIpc) is 2.61. The minimum Gasteiger partial charge on any atom is -0.393 e. The molecule has 24 heavy (non-hydrogen) atoms. The van der Waals surface area contributed by atoms with Crippen LogP contribution in [0.4, 0.5) is 5.69 Å². The number of aliphatic hydroxyl groups excluding tert-OH is 1. The third kappa shape index (κ3) is 5.98. The number of amides is 1. The van der Waals surface area contributed by atoms with Crippen molar-refractivity contribution in [2.24, 2.45) is 5.92 Å². The first-order chi connectivity index (χ1) is 11.6. The summed E-state index contributed by atoms with van der Waals surface area (Å²) in [5.74, 6) is 0.0747. The predicted molar refractivity (Wildman–Crippen MR) is 97.0 cm³/mol. The number of nitrogens with zero attached hydrogens (tertiary/aromatic N) is 1. The highest BCUT2D eigenvalue weighted by Crippen LogP contribution is 2.17. The van der Waals surface area contributed by atoms with E-state index >= 15 is 0 Å². The van der Waals surface area contributed by atoms with Gasteiger partial charge in [-0.05, 0) is 36.1 Å². The number of carbonyl (C=O) groups excluding carboxylic acids is 1. The van der Waals surface area contributed by atoms with Gasteiger partial charge in [-0.1, -0.05) is 26.0 Å². The molecule has 0 radical (unpaired) electrons. The number of rotatable bonds is 7. The highest BCUT2D eigenvalue weighted by Gasteiger charge is 2.10. The first-order valence-electron chi connectivity index (χ1n) is 8.63. The van der Waals surface area contributed by atoms with Gasteiger partial charge in [0.15, 0.2) is 0 Å². The van der Waals surface area contributed by atoms with E-state index < -0.39 is 0 Å². The molecule has 132 valence electrons. The van der Waals surface area contributed by atoms with E-state index in [2.05, 4.69) is 22.3 Å². The number of ether oxygens (including phenoxy) is 1. The maximum absolute atomic E-state index is 11.8. The summed E-state index contributed by atoms with van der Waals surface area (Å²) in [6.07, 6.45) is 3.54. The zero-order valence-corrected chi connectivity index (χ0v) is 14.6. The van der Waals surface area contributed by atoms with Crippen LogP contribution >= 0.6 is 0 Å². The van der Waals surface area contributed by atoms with E-state index in [1.54, 1.807) is 6.08 Å². The summed E-state index contributed by atoms with van der Waals surface area (Å²) >= 11 is 0. The number of hydrogen-bond acceptors (Lipinski definition) is 4. The van der Waals surface area contributed by atoms with Crippen LogP contribution in [0.5, 0.6) is 0 Å². The van der Waals surface area contributed by atoms with Gasteiger partial charge in [0.1, 0.15) is 0 Å². The van der Waals surface area contributed by atoms with Crippen molar-refractivity contribution in [3.05, 3.63) is 35.9 Å². The fourth-order valence-corrected chi connectivity index (χ4v) is 2.53. The third-order valence-electron chi connectivity index (χ3n) is 4.21. The van der Waals surface area contributed by atoms with Gasteiger partial charge < -0.3 is 20.1 Å². The lowest BCUT2D eigenvalue weighted by molar-refractivity contribution is -0.116. The summed E-state index contributed by atoms with van der Waals surface area (Å²) in [5.41, 5.74) is 2.17. The molecule has 1 heterocycles. The largest absolute Gasteiger partial charge is 0.393 e. The summed E-state index contributed by atoms with van der Waals surface area (Å²) in [5, 5.41) is 12.5. The third-order valence-corrected chi connectivity index (χ3v) is 4.21. The summed E-state index contributed by atoms with van der Waals surface area (Å²) in [4.78, 5) is 14.1. The smallest absolute Gasteiger partial charge is 0.244 e. The number of benzene rings is 1. The predicted octanol–water partition coefficient (Wildman–Crippen LogP) is 2.06. The Kier molecular flexibility index (Phi) is 7.28. The van der Waals surface area contributed by atoms with Gasteiger partial charge in [0.2, 0.25) is 5.91 Å². The Morgan fingerprint density at radius 2 is 1.96 bits per heavy atom. The molecule has 1 aliphatic rings. The second-order valence-corrected chi connectivity index (χ2v) is 6.42. The highest BCUT2D eigenvalue weighted by atomic mass is 16.5. The zero-order chi connectivity index (χ0) is 17.4. The van der Waals surface area contributed by atoms with E-state index in [1.165, 1.54) is 11.8 Å². The second kappa shape index (κ2) is 9.45. The summed E-state index contributed by atoms with van der Waals surface area (Å²) < 4.78 is 5.36. The Morgan fingerprint density at radius 1 is 1.29 bits per heavy atom. The standard InChI is InChI=1S/C19H28N2O3/c1-15(2)18(22)9-10-20-19(23)8-5-16-3-6-17(7-4-16)21-11-13-24-14-12-21/h3-8,15,18,22H,9-14H2,1-2H3,(H,20,23). The maximum atomic E-state index is 11.8. The molecule has 1 aliphatic heterocycles. The number of carbonyl (C=O) groups is 1. The van der Waals surface area contributed by atoms with Crippen molar-refractivity contribution in [2.75, 3.05) is 37.7 Å². The van der Waals surface area contributed by atoms with E-state index in [9.17, 15) is 9.90 Å². The quantitative estimate of drug-likeness (QED) is 0.750. The van der Waals surface area contributed by atoms with Crippen LogP contribution in [-0.4, -0.2) is 50.0 Å². The maximum Gasteiger partial charge on any atom is 0.244 e. The van der Waals surface area contributed by atoms with E-state index in [0.717, 1.165) is 31.9 Å². The molecular formula is C19H28N2O3. The van der Waals surface area contributed by atoms with Gasteiger partial charge in [0, 0.05) is 31.4 Å². The summed E-state index contributed by atoms with van der Waals surface area (Å²) in [6.45, 7) is 7.79. The first kappa shape index (κ1) is 18.5. The van der Waals surface area contributed by atoms with E-state index in [-0.39, 0.29) is 17.9 Å². The molecule has 1 saturated heterocycles. The number of nitrogens with one attached hydrogen (secondary N) is 1. The number of hydrogen-bond donors (Lipinski definition) is 2. The van der Waals surface area contributed by atoms with Gasteiger partial charge >= 0.3 is 0 Å². The molecule has 1 aromatic rings. The lowest BCUT2D eigenvalue weighted by Crippen LogP contribution is -2.36. The molecule has 5 heteroatoms. The summed E-state index contributed by atoms with van der Waals surface area (Å²) in [6, 6.07) is 8.16. The molecule has 1 fully saturated rings. The van der Waals surface area contributed by atoms with Crippen molar-refractivity contribution in [3.8, 4) is 0 Å².